The third kappa shape index (κ3) is 9.14. The van der Waals surface area contributed by atoms with Crippen molar-refractivity contribution >= 4 is 17.2 Å². The van der Waals surface area contributed by atoms with Gasteiger partial charge in [0.1, 0.15) is 0 Å². The molecule has 0 unspecified atom stereocenters. The third-order valence-electron chi connectivity index (χ3n) is 3.83. The van der Waals surface area contributed by atoms with Gasteiger partial charge in [-0.05, 0) is 31.9 Å². The zero-order chi connectivity index (χ0) is 16.0. The second-order valence-corrected chi connectivity index (χ2v) is 7.15. The highest BCUT2D eigenvalue weighted by molar-refractivity contribution is 7.83. The SMILES string of the molecule is CCCCCCCCCCC/C=N/[S@@](=O)c1ccc(C)cc1. The number of unbranched alkanes of at least 4 members (excludes halogenated alkanes) is 9. The lowest BCUT2D eigenvalue weighted by atomic mass is 10.1. The van der Waals surface area contributed by atoms with Crippen molar-refractivity contribution in [3.8, 4) is 0 Å². The van der Waals surface area contributed by atoms with Crippen LogP contribution in [0.5, 0.6) is 0 Å². The summed E-state index contributed by atoms with van der Waals surface area (Å²) in [4.78, 5) is 0.786. The van der Waals surface area contributed by atoms with E-state index in [1.165, 1.54) is 56.9 Å². The van der Waals surface area contributed by atoms with E-state index in [0.717, 1.165) is 17.7 Å². The lowest BCUT2D eigenvalue weighted by Crippen LogP contribution is -1.88. The summed E-state index contributed by atoms with van der Waals surface area (Å²) in [5.74, 6) is 0. The number of hydrogen-bond acceptors (Lipinski definition) is 1. The Bertz CT molecular complexity index is 439. The third-order valence-corrected chi connectivity index (χ3v) is 4.85. The lowest BCUT2D eigenvalue weighted by Gasteiger charge is -2.00. The summed E-state index contributed by atoms with van der Waals surface area (Å²) in [5, 5.41) is 0. The molecule has 22 heavy (non-hydrogen) atoms. The Balaban J connectivity index is 2.02. The van der Waals surface area contributed by atoms with Crippen molar-refractivity contribution in [3.63, 3.8) is 0 Å². The molecule has 0 saturated carbocycles. The van der Waals surface area contributed by atoms with Gasteiger partial charge in [0.05, 0.1) is 4.90 Å². The van der Waals surface area contributed by atoms with E-state index in [1.54, 1.807) is 0 Å². The summed E-state index contributed by atoms with van der Waals surface area (Å²) < 4.78 is 16.1. The van der Waals surface area contributed by atoms with Crippen LogP contribution in [0.25, 0.3) is 0 Å². The monoisotopic (exact) mass is 321 g/mol. The van der Waals surface area contributed by atoms with Gasteiger partial charge in [-0.2, -0.15) is 4.40 Å². The van der Waals surface area contributed by atoms with Crippen LogP contribution in [0.3, 0.4) is 0 Å². The van der Waals surface area contributed by atoms with Crippen molar-refractivity contribution in [1.82, 2.24) is 0 Å². The molecule has 2 nitrogen and oxygen atoms in total. The van der Waals surface area contributed by atoms with Crippen LogP contribution < -0.4 is 0 Å². The zero-order valence-electron chi connectivity index (χ0n) is 14.2. The second-order valence-electron chi connectivity index (χ2n) is 5.97. The summed E-state index contributed by atoms with van der Waals surface area (Å²) in [5.41, 5.74) is 1.18. The van der Waals surface area contributed by atoms with E-state index in [4.69, 9.17) is 0 Å². The standard InChI is InChI=1S/C19H31NOS/c1-3-4-5-6-7-8-9-10-11-12-17-20-22(21)19-15-13-18(2)14-16-19/h13-17H,3-12H2,1-2H3/b20-17+/t22-/m0/s1. The maximum atomic E-state index is 11.9. The first kappa shape index (κ1) is 19.1. The number of hydrogen-bond donors (Lipinski definition) is 0. The van der Waals surface area contributed by atoms with E-state index in [1.807, 2.05) is 37.4 Å². The number of benzene rings is 1. The quantitative estimate of drug-likeness (QED) is 0.342. The molecule has 1 aromatic rings. The Morgan fingerprint density at radius 2 is 1.45 bits per heavy atom. The maximum Gasteiger partial charge on any atom is 0.172 e. The van der Waals surface area contributed by atoms with E-state index in [9.17, 15) is 4.21 Å². The molecule has 0 fully saturated rings. The molecule has 0 N–H and O–H groups in total. The summed E-state index contributed by atoms with van der Waals surface area (Å²) >= 11 is 0. The summed E-state index contributed by atoms with van der Waals surface area (Å²) in [6.45, 7) is 4.28. The Hall–Kier alpha value is -0.960. The van der Waals surface area contributed by atoms with E-state index >= 15 is 0 Å². The van der Waals surface area contributed by atoms with Gasteiger partial charge < -0.3 is 0 Å². The minimum atomic E-state index is -1.24. The van der Waals surface area contributed by atoms with Crippen molar-refractivity contribution in [3.05, 3.63) is 29.8 Å². The molecule has 0 aliphatic carbocycles. The molecule has 0 aliphatic heterocycles. The molecule has 0 spiro atoms. The topological polar surface area (TPSA) is 29.4 Å². The highest BCUT2D eigenvalue weighted by Crippen LogP contribution is 2.11. The molecule has 124 valence electrons. The van der Waals surface area contributed by atoms with E-state index in [-0.39, 0.29) is 0 Å². The van der Waals surface area contributed by atoms with Crippen molar-refractivity contribution in [2.45, 2.75) is 83.0 Å². The van der Waals surface area contributed by atoms with Gasteiger partial charge in [0, 0.05) is 6.21 Å². The smallest absolute Gasteiger partial charge is 0.172 e. The Labute approximate surface area is 139 Å². The first-order valence-electron chi connectivity index (χ1n) is 8.75. The van der Waals surface area contributed by atoms with Gasteiger partial charge in [0.25, 0.3) is 0 Å². The number of aryl methyl sites for hydroxylation is 1. The lowest BCUT2D eigenvalue weighted by molar-refractivity contribution is 0.569. The highest BCUT2D eigenvalue weighted by atomic mass is 32.2. The van der Waals surface area contributed by atoms with Gasteiger partial charge in [-0.1, -0.05) is 76.0 Å². The van der Waals surface area contributed by atoms with Gasteiger partial charge in [0.15, 0.2) is 11.0 Å². The minimum absolute atomic E-state index is 0.786. The normalized spacial score (nSPS) is 12.8. The number of rotatable bonds is 12. The van der Waals surface area contributed by atoms with Crippen molar-refractivity contribution < 1.29 is 4.21 Å². The predicted molar refractivity (Wildman–Crippen MR) is 97.9 cm³/mol. The maximum absolute atomic E-state index is 11.9. The Morgan fingerprint density at radius 1 is 0.909 bits per heavy atom. The predicted octanol–water partition coefficient (Wildman–Crippen LogP) is 6.01. The van der Waals surface area contributed by atoms with E-state index in [2.05, 4.69) is 11.3 Å². The molecular formula is C19H31NOS. The fourth-order valence-electron chi connectivity index (χ4n) is 2.38. The van der Waals surface area contributed by atoms with Crippen LogP contribution in [0.4, 0.5) is 0 Å². The molecule has 1 aromatic carbocycles. The zero-order valence-corrected chi connectivity index (χ0v) is 15.0. The van der Waals surface area contributed by atoms with Crippen LogP contribution in [-0.2, 0) is 11.0 Å². The molecule has 0 aliphatic rings. The Kier molecular flexibility index (Phi) is 10.9. The average Bonchev–Trinajstić information content (AvgIpc) is 2.53. The van der Waals surface area contributed by atoms with Gasteiger partial charge in [-0.15, -0.1) is 0 Å². The van der Waals surface area contributed by atoms with Gasteiger partial charge in [-0.25, -0.2) is 4.21 Å². The van der Waals surface area contributed by atoms with Crippen LogP contribution in [0.2, 0.25) is 0 Å². The van der Waals surface area contributed by atoms with Gasteiger partial charge in [0.2, 0.25) is 0 Å². The summed E-state index contributed by atoms with van der Waals surface area (Å²) in [6, 6.07) is 7.73. The molecule has 1 rings (SSSR count). The molecule has 3 heteroatoms. The molecule has 0 amide bonds. The summed E-state index contributed by atoms with van der Waals surface area (Å²) in [6.07, 6.45) is 14.7. The first-order chi connectivity index (χ1) is 10.7. The van der Waals surface area contributed by atoms with Crippen LogP contribution in [0.15, 0.2) is 33.6 Å². The average molecular weight is 322 g/mol. The molecular weight excluding hydrogens is 290 g/mol. The molecule has 0 radical (unpaired) electrons. The van der Waals surface area contributed by atoms with Gasteiger partial charge >= 0.3 is 0 Å². The van der Waals surface area contributed by atoms with Crippen LogP contribution in [0, 0.1) is 6.92 Å². The van der Waals surface area contributed by atoms with Crippen LogP contribution in [-0.4, -0.2) is 10.4 Å². The molecule has 0 aromatic heterocycles. The van der Waals surface area contributed by atoms with E-state index < -0.39 is 11.0 Å². The first-order valence-corrected chi connectivity index (χ1v) is 9.86. The highest BCUT2D eigenvalue weighted by Gasteiger charge is 1.99. The van der Waals surface area contributed by atoms with Gasteiger partial charge in [-0.3, -0.25) is 0 Å². The largest absolute Gasteiger partial charge is 0.230 e. The van der Waals surface area contributed by atoms with Crippen molar-refractivity contribution in [1.29, 1.82) is 0 Å². The van der Waals surface area contributed by atoms with Crippen LogP contribution in [0.1, 0.15) is 76.7 Å². The molecule has 0 saturated heterocycles. The van der Waals surface area contributed by atoms with Crippen LogP contribution >= 0.6 is 0 Å². The van der Waals surface area contributed by atoms with Crippen molar-refractivity contribution in [2.24, 2.45) is 4.40 Å². The fourth-order valence-corrected chi connectivity index (χ4v) is 3.11. The molecule has 0 heterocycles. The van der Waals surface area contributed by atoms with Crippen molar-refractivity contribution in [2.75, 3.05) is 0 Å². The minimum Gasteiger partial charge on any atom is -0.230 e. The fraction of sp³-hybridized carbons (Fsp3) is 0.632. The molecule has 1 atom stereocenters. The summed E-state index contributed by atoms with van der Waals surface area (Å²) in [7, 11) is -1.24. The second kappa shape index (κ2) is 12.6. The molecule has 0 bridgehead atoms. The van der Waals surface area contributed by atoms with E-state index in [0.29, 0.717) is 0 Å². The Morgan fingerprint density at radius 3 is 2.05 bits per heavy atom. The number of nitrogens with zero attached hydrogens (tertiary/aromatic N) is 1.